The zero-order valence-corrected chi connectivity index (χ0v) is 11.5. The number of pyridine rings is 1. The van der Waals surface area contributed by atoms with Gasteiger partial charge in [0, 0.05) is 19.0 Å². The summed E-state index contributed by atoms with van der Waals surface area (Å²) in [5, 5.41) is 1.11. The van der Waals surface area contributed by atoms with Gasteiger partial charge in [0.25, 0.3) is 0 Å². The normalized spacial score (nSPS) is 12.2. The van der Waals surface area contributed by atoms with Gasteiger partial charge in [-0.3, -0.25) is 4.79 Å². The zero-order valence-electron chi connectivity index (χ0n) is 11.5. The minimum absolute atomic E-state index is 0.178. The van der Waals surface area contributed by atoms with Crippen LogP contribution in [-0.4, -0.2) is 31.7 Å². The Morgan fingerprint density at radius 1 is 1.32 bits per heavy atom. The van der Waals surface area contributed by atoms with E-state index in [4.69, 9.17) is 4.74 Å². The number of ether oxygens (including phenoxy) is 1. The number of aromatic nitrogens is 1. The van der Waals surface area contributed by atoms with Crippen molar-refractivity contribution in [2.24, 2.45) is 5.92 Å². The first-order valence-electron chi connectivity index (χ1n) is 6.26. The van der Waals surface area contributed by atoms with Gasteiger partial charge in [-0.2, -0.15) is 0 Å². The van der Waals surface area contributed by atoms with Gasteiger partial charge in [0.05, 0.1) is 18.5 Å². The number of fused-ring (bicyclic) bond motifs is 1. The molecule has 1 aromatic carbocycles. The van der Waals surface area contributed by atoms with Crippen LogP contribution < -0.4 is 4.90 Å². The van der Waals surface area contributed by atoms with Crippen molar-refractivity contribution < 1.29 is 9.53 Å². The summed E-state index contributed by atoms with van der Waals surface area (Å²) in [7, 11) is 3.34. The fourth-order valence-corrected chi connectivity index (χ4v) is 2.05. The summed E-state index contributed by atoms with van der Waals surface area (Å²) >= 11 is 0. The van der Waals surface area contributed by atoms with E-state index in [0.717, 1.165) is 16.7 Å². The maximum atomic E-state index is 11.4. The van der Waals surface area contributed by atoms with Crippen LogP contribution in [0.1, 0.15) is 6.92 Å². The van der Waals surface area contributed by atoms with Crippen LogP contribution in [0.15, 0.2) is 36.4 Å². The van der Waals surface area contributed by atoms with Crippen molar-refractivity contribution in [1.82, 2.24) is 4.98 Å². The van der Waals surface area contributed by atoms with E-state index in [2.05, 4.69) is 4.98 Å². The minimum Gasteiger partial charge on any atom is -0.469 e. The number of carbonyl (C=O) groups is 1. The summed E-state index contributed by atoms with van der Waals surface area (Å²) in [6.45, 7) is 2.43. The third-order valence-corrected chi connectivity index (χ3v) is 3.13. The Kier molecular flexibility index (Phi) is 4.00. The highest BCUT2D eigenvalue weighted by Crippen LogP contribution is 2.17. The lowest BCUT2D eigenvalue weighted by molar-refractivity contribution is -0.144. The minimum atomic E-state index is -0.201. The lowest BCUT2D eigenvalue weighted by atomic mass is 10.1. The highest BCUT2D eigenvalue weighted by molar-refractivity contribution is 5.80. The van der Waals surface area contributed by atoms with Crippen LogP contribution in [0.4, 0.5) is 5.82 Å². The number of hydrogen-bond acceptors (Lipinski definition) is 4. The molecule has 0 bridgehead atoms. The lowest BCUT2D eigenvalue weighted by Gasteiger charge is -2.21. The molecule has 2 aromatic rings. The molecule has 4 nitrogen and oxygen atoms in total. The van der Waals surface area contributed by atoms with E-state index in [1.807, 2.05) is 55.3 Å². The first kappa shape index (κ1) is 13.3. The maximum absolute atomic E-state index is 11.4. The van der Waals surface area contributed by atoms with Gasteiger partial charge in [-0.1, -0.05) is 25.1 Å². The van der Waals surface area contributed by atoms with Crippen molar-refractivity contribution in [3.63, 3.8) is 0 Å². The number of methoxy groups -OCH3 is 1. The quantitative estimate of drug-likeness (QED) is 0.790. The average Bonchev–Trinajstić information content (AvgIpc) is 2.45. The van der Waals surface area contributed by atoms with E-state index in [1.54, 1.807) is 0 Å². The van der Waals surface area contributed by atoms with Crippen LogP contribution in [0.2, 0.25) is 0 Å². The molecule has 19 heavy (non-hydrogen) atoms. The number of nitrogens with zero attached hydrogens (tertiary/aromatic N) is 2. The van der Waals surface area contributed by atoms with Crippen LogP contribution >= 0.6 is 0 Å². The lowest BCUT2D eigenvalue weighted by Crippen LogP contribution is -2.29. The fraction of sp³-hybridized carbons (Fsp3) is 0.333. The number of hydrogen-bond donors (Lipinski definition) is 0. The molecule has 1 heterocycles. The van der Waals surface area contributed by atoms with Crippen molar-refractivity contribution in [3.05, 3.63) is 36.4 Å². The van der Waals surface area contributed by atoms with Crippen molar-refractivity contribution in [3.8, 4) is 0 Å². The van der Waals surface area contributed by atoms with Crippen LogP contribution in [0.25, 0.3) is 10.9 Å². The van der Waals surface area contributed by atoms with E-state index in [-0.39, 0.29) is 11.9 Å². The molecule has 0 fully saturated rings. The summed E-state index contributed by atoms with van der Waals surface area (Å²) in [4.78, 5) is 18.0. The SMILES string of the molecule is COC(=O)C(C)CN(C)c1ccc2ccccc2n1. The standard InChI is InChI=1S/C15H18N2O2/c1-11(15(18)19-3)10-17(2)14-9-8-12-6-4-5-7-13(12)16-14/h4-9,11H,10H2,1-3H3. The van der Waals surface area contributed by atoms with Crippen LogP contribution in [-0.2, 0) is 9.53 Å². The number of esters is 1. The molecular formula is C15H18N2O2. The molecule has 2 rings (SSSR count). The van der Waals surface area contributed by atoms with E-state index < -0.39 is 0 Å². The fourth-order valence-electron chi connectivity index (χ4n) is 2.05. The molecule has 0 saturated heterocycles. The third-order valence-electron chi connectivity index (χ3n) is 3.13. The Morgan fingerprint density at radius 2 is 2.05 bits per heavy atom. The Morgan fingerprint density at radius 3 is 2.79 bits per heavy atom. The number of anilines is 1. The highest BCUT2D eigenvalue weighted by Gasteiger charge is 2.16. The molecule has 1 atom stereocenters. The molecule has 1 unspecified atom stereocenters. The second-order valence-corrected chi connectivity index (χ2v) is 4.67. The molecule has 0 radical (unpaired) electrons. The molecule has 0 aliphatic carbocycles. The first-order valence-corrected chi connectivity index (χ1v) is 6.26. The van der Waals surface area contributed by atoms with Gasteiger partial charge >= 0.3 is 5.97 Å². The van der Waals surface area contributed by atoms with Crippen molar-refractivity contribution in [2.45, 2.75) is 6.92 Å². The molecule has 100 valence electrons. The molecular weight excluding hydrogens is 240 g/mol. The number of benzene rings is 1. The van der Waals surface area contributed by atoms with Crippen molar-refractivity contribution in [2.75, 3.05) is 25.6 Å². The third kappa shape index (κ3) is 3.02. The topological polar surface area (TPSA) is 42.4 Å². The second-order valence-electron chi connectivity index (χ2n) is 4.67. The molecule has 1 aromatic heterocycles. The number of rotatable bonds is 4. The monoisotopic (exact) mass is 258 g/mol. The van der Waals surface area contributed by atoms with Gasteiger partial charge in [0.2, 0.25) is 0 Å². The van der Waals surface area contributed by atoms with E-state index in [0.29, 0.717) is 6.54 Å². The molecule has 0 aliphatic heterocycles. The van der Waals surface area contributed by atoms with E-state index in [9.17, 15) is 4.79 Å². The molecule has 0 saturated carbocycles. The molecule has 4 heteroatoms. The maximum Gasteiger partial charge on any atom is 0.310 e. The van der Waals surface area contributed by atoms with Crippen LogP contribution in [0, 0.1) is 5.92 Å². The number of para-hydroxylation sites is 1. The summed E-state index contributed by atoms with van der Waals surface area (Å²) in [6, 6.07) is 12.0. The predicted octanol–water partition coefficient (Wildman–Crippen LogP) is 2.48. The van der Waals surface area contributed by atoms with E-state index in [1.165, 1.54) is 7.11 Å². The average molecular weight is 258 g/mol. The Hall–Kier alpha value is -2.10. The summed E-state index contributed by atoms with van der Waals surface area (Å²) in [6.07, 6.45) is 0. The van der Waals surface area contributed by atoms with Crippen molar-refractivity contribution in [1.29, 1.82) is 0 Å². The molecule has 0 spiro atoms. The van der Waals surface area contributed by atoms with Crippen LogP contribution in [0.5, 0.6) is 0 Å². The predicted molar refractivity (Wildman–Crippen MR) is 76.2 cm³/mol. The second kappa shape index (κ2) is 5.69. The largest absolute Gasteiger partial charge is 0.469 e. The van der Waals surface area contributed by atoms with Gasteiger partial charge in [0.15, 0.2) is 0 Å². The van der Waals surface area contributed by atoms with Gasteiger partial charge in [-0.05, 0) is 18.2 Å². The highest BCUT2D eigenvalue weighted by atomic mass is 16.5. The molecule has 0 N–H and O–H groups in total. The zero-order chi connectivity index (χ0) is 13.8. The molecule has 0 amide bonds. The van der Waals surface area contributed by atoms with Crippen molar-refractivity contribution >= 4 is 22.7 Å². The number of carbonyl (C=O) groups excluding carboxylic acids is 1. The summed E-state index contributed by atoms with van der Waals surface area (Å²) < 4.78 is 4.73. The van der Waals surface area contributed by atoms with Crippen LogP contribution in [0.3, 0.4) is 0 Å². The Bertz CT molecular complexity index is 583. The van der Waals surface area contributed by atoms with Gasteiger partial charge < -0.3 is 9.64 Å². The molecule has 0 aliphatic rings. The smallest absolute Gasteiger partial charge is 0.310 e. The van der Waals surface area contributed by atoms with Gasteiger partial charge in [-0.15, -0.1) is 0 Å². The van der Waals surface area contributed by atoms with E-state index >= 15 is 0 Å². The summed E-state index contributed by atoms with van der Waals surface area (Å²) in [5.74, 6) is 0.477. The Balaban J connectivity index is 2.17. The Labute approximate surface area is 113 Å². The first-order chi connectivity index (χ1) is 9.11. The van der Waals surface area contributed by atoms with Gasteiger partial charge in [0.1, 0.15) is 5.82 Å². The summed E-state index contributed by atoms with van der Waals surface area (Å²) in [5.41, 5.74) is 0.956. The van der Waals surface area contributed by atoms with Gasteiger partial charge in [-0.25, -0.2) is 4.98 Å².